The van der Waals surface area contributed by atoms with E-state index in [1.165, 1.54) is 38.1 Å². The zero-order valence-corrected chi connectivity index (χ0v) is 15.3. The molecular formula is C15H20N4O3S2. The SMILES string of the molecule is CN(C)S(=O)(=O)c1ccc(SCC(=O)NC2(C#N)CCCC2)nc1. The smallest absolute Gasteiger partial charge is 0.244 e. The van der Waals surface area contributed by atoms with Crippen LogP contribution >= 0.6 is 11.8 Å². The molecule has 1 saturated carbocycles. The van der Waals surface area contributed by atoms with E-state index in [9.17, 15) is 18.5 Å². The van der Waals surface area contributed by atoms with Crippen LogP contribution in [-0.4, -0.2) is 49.0 Å². The van der Waals surface area contributed by atoms with Crippen LogP contribution in [0.4, 0.5) is 0 Å². The first kappa shape index (κ1) is 18.7. The maximum absolute atomic E-state index is 12.0. The third-order valence-electron chi connectivity index (χ3n) is 3.89. The summed E-state index contributed by atoms with van der Waals surface area (Å²) >= 11 is 1.21. The third-order valence-corrected chi connectivity index (χ3v) is 6.63. The molecular weight excluding hydrogens is 348 g/mol. The number of hydrogen-bond acceptors (Lipinski definition) is 6. The van der Waals surface area contributed by atoms with Gasteiger partial charge >= 0.3 is 0 Å². The summed E-state index contributed by atoms with van der Waals surface area (Å²) < 4.78 is 25.0. The number of amides is 1. The number of nitriles is 1. The molecule has 1 amide bonds. The Morgan fingerprint density at radius 3 is 2.58 bits per heavy atom. The second-order valence-corrected chi connectivity index (χ2v) is 9.00. The summed E-state index contributed by atoms with van der Waals surface area (Å²) in [6.45, 7) is 0. The van der Waals surface area contributed by atoms with Gasteiger partial charge in [-0.25, -0.2) is 17.7 Å². The van der Waals surface area contributed by atoms with Gasteiger partial charge in [0.2, 0.25) is 15.9 Å². The van der Waals surface area contributed by atoms with Crippen LogP contribution in [0.2, 0.25) is 0 Å². The van der Waals surface area contributed by atoms with Crippen molar-refractivity contribution in [3.63, 3.8) is 0 Å². The fourth-order valence-corrected chi connectivity index (χ4v) is 3.99. The minimum atomic E-state index is -3.51. The van der Waals surface area contributed by atoms with E-state index in [1.807, 2.05) is 0 Å². The molecule has 9 heteroatoms. The van der Waals surface area contributed by atoms with Crippen LogP contribution in [0.5, 0.6) is 0 Å². The van der Waals surface area contributed by atoms with Crippen molar-refractivity contribution >= 4 is 27.7 Å². The summed E-state index contributed by atoms with van der Waals surface area (Å²) in [5.41, 5.74) is -0.727. The Hall–Kier alpha value is -1.63. The van der Waals surface area contributed by atoms with Gasteiger partial charge in [0, 0.05) is 20.3 Å². The number of nitrogens with zero attached hydrogens (tertiary/aromatic N) is 3. The van der Waals surface area contributed by atoms with Gasteiger partial charge < -0.3 is 5.32 Å². The molecule has 0 unspecified atom stereocenters. The van der Waals surface area contributed by atoms with Crippen LogP contribution in [-0.2, 0) is 14.8 Å². The Morgan fingerprint density at radius 1 is 1.42 bits per heavy atom. The van der Waals surface area contributed by atoms with Gasteiger partial charge in [0.1, 0.15) is 10.4 Å². The van der Waals surface area contributed by atoms with Gasteiger partial charge in [-0.1, -0.05) is 11.8 Å². The molecule has 0 saturated heterocycles. The quantitative estimate of drug-likeness (QED) is 0.761. The molecule has 24 heavy (non-hydrogen) atoms. The lowest BCUT2D eigenvalue weighted by molar-refractivity contribution is -0.119. The molecule has 0 aromatic carbocycles. The zero-order valence-electron chi connectivity index (χ0n) is 13.7. The van der Waals surface area contributed by atoms with Crippen LogP contribution in [0.3, 0.4) is 0 Å². The van der Waals surface area contributed by atoms with Crippen molar-refractivity contribution in [2.24, 2.45) is 0 Å². The van der Waals surface area contributed by atoms with Gasteiger partial charge in [-0.2, -0.15) is 5.26 Å². The first-order valence-electron chi connectivity index (χ1n) is 7.53. The summed E-state index contributed by atoms with van der Waals surface area (Å²) in [7, 11) is -0.596. The van der Waals surface area contributed by atoms with Crippen molar-refractivity contribution in [3.8, 4) is 6.07 Å². The number of thioether (sulfide) groups is 1. The van der Waals surface area contributed by atoms with E-state index in [0.717, 1.165) is 17.1 Å². The summed E-state index contributed by atoms with van der Waals surface area (Å²) in [6.07, 6.45) is 4.56. The van der Waals surface area contributed by atoms with Crippen molar-refractivity contribution in [2.45, 2.75) is 41.1 Å². The number of nitrogens with one attached hydrogen (secondary N) is 1. The number of carbonyl (C=O) groups excluding carboxylic acids is 1. The van der Waals surface area contributed by atoms with Crippen LogP contribution in [0.25, 0.3) is 0 Å². The lowest BCUT2D eigenvalue weighted by Gasteiger charge is -2.21. The molecule has 0 radical (unpaired) electrons. The number of aromatic nitrogens is 1. The average Bonchev–Trinajstić information content (AvgIpc) is 3.02. The molecule has 1 fully saturated rings. The molecule has 0 atom stereocenters. The molecule has 0 bridgehead atoms. The predicted octanol–water partition coefficient (Wildman–Crippen LogP) is 1.38. The highest BCUT2D eigenvalue weighted by atomic mass is 32.2. The number of hydrogen-bond donors (Lipinski definition) is 1. The van der Waals surface area contributed by atoms with Crippen LogP contribution in [0, 0.1) is 11.3 Å². The highest BCUT2D eigenvalue weighted by Gasteiger charge is 2.35. The van der Waals surface area contributed by atoms with Crippen LogP contribution in [0.15, 0.2) is 28.3 Å². The molecule has 1 aromatic heterocycles. The summed E-state index contributed by atoms with van der Waals surface area (Å²) in [6, 6.07) is 5.25. The van der Waals surface area contributed by atoms with Gasteiger partial charge in [-0.15, -0.1) is 0 Å². The molecule has 1 aliphatic carbocycles. The predicted molar refractivity (Wildman–Crippen MR) is 90.8 cm³/mol. The second-order valence-electron chi connectivity index (χ2n) is 5.86. The van der Waals surface area contributed by atoms with E-state index in [4.69, 9.17) is 0 Å². The number of carbonyl (C=O) groups is 1. The molecule has 2 rings (SSSR count). The number of sulfonamides is 1. The van der Waals surface area contributed by atoms with E-state index in [0.29, 0.717) is 17.9 Å². The fourth-order valence-electron chi connectivity index (χ4n) is 2.50. The fraction of sp³-hybridized carbons (Fsp3) is 0.533. The minimum Gasteiger partial charge on any atom is -0.337 e. The maximum Gasteiger partial charge on any atom is 0.244 e. The molecule has 1 aromatic rings. The third kappa shape index (κ3) is 4.26. The molecule has 0 aliphatic heterocycles. The molecule has 130 valence electrons. The largest absolute Gasteiger partial charge is 0.337 e. The highest BCUT2D eigenvalue weighted by molar-refractivity contribution is 7.99. The number of pyridine rings is 1. The zero-order chi connectivity index (χ0) is 17.8. The summed E-state index contributed by atoms with van der Waals surface area (Å²) in [4.78, 5) is 16.2. The Bertz CT molecular complexity index is 733. The van der Waals surface area contributed by atoms with Gasteiger partial charge in [0.15, 0.2) is 0 Å². The van der Waals surface area contributed by atoms with E-state index in [-0.39, 0.29) is 16.6 Å². The Labute approximate surface area is 146 Å². The lowest BCUT2D eigenvalue weighted by atomic mass is 10.0. The van der Waals surface area contributed by atoms with E-state index >= 15 is 0 Å². The van der Waals surface area contributed by atoms with Crippen molar-refractivity contribution in [1.29, 1.82) is 5.26 Å². The first-order chi connectivity index (χ1) is 11.3. The lowest BCUT2D eigenvalue weighted by Crippen LogP contribution is -2.45. The number of rotatable bonds is 6. The molecule has 1 heterocycles. The minimum absolute atomic E-state index is 0.107. The molecule has 1 aliphatic rings. The molecule has 7 nitrogen and oxygen atoms in total. The Balaban J connectivity index is 1.93. The van der Waals surface area contributed by atoms with E-state index in [2.05, 4.69) is 16.4 Å². The standard InChI is InChI=1S/C15H20N4O3S2/c1-19(2)24(21,22)12-5-6-14(17-9-12)23-10-13(20)18-15(11-16)7-3-4-8-15/h5-6,9H,3-4,7-8,10H2,1-2H3,(H,18,20). The van der Waals surface area contributed by atoms with Gasteiger partial charge in [0.25, 0.3) is 0 Å². The molecule has 1 N–H and O–H groups in total. The van der Waals surface area contributed by atoms with Crippen molar-refractivity contribution < 1.29 is 13.2 Å². The normalized spacial score (nSPS) is 16.8. The van der Waals surface area contributed by atoms with E-state index < -0.39 is 15.6 Å². The van der Waals surface area contributed by atoms with Gasteiger partial charge in [-0.3, -0.25) is 4.79 Å². The Kier molecular flexibility index (Phi) is 5.85. The second kappa shape index (κ2) is 7.51. The van der Waals surface area contributed by atoms with Gasteiger partial charge in [0.05, 0.1) is 16.8 Å². The summed E-state index contributed by atoms with van der Waals surface area (Å²) in [5.74, 6) is -0.0776. The van der Waals surface area contributed by atoms with Gasteiger partial charge in [-0.05, 0) is 37.8 Å². The maximum atomic E-state index is 12.0. The van der Waals surface area contributed by atoms with Crippen molar-refractivity contribution in [2.75, 3.05) is 19.8 Å². The van der Waals surface area contributed by atoms with Crippen LogP contribution < -0.4 is 5.32 Å². The average molecular weight is 368 g/mol. The molecule has 0 spiro atoms. The first-order valence-corrected chi connectivity index (χ1v) is 9.95. The van der Waals surface area contributed by atoms with Crippen molar-refractivity contribution in [1.82, 2.24) is 14.6 Å². The topological polar surface area (TPSA) is 103 Å². The Morgan fingerprint density at radius 2 is 2.08 bits per heavy atom. The van der Waals surface area contributed by atoms with Crippen LogP contribution in [0.1, 0.15) is 25.7 Å². The highest BCUT2D eigenvalue weighted by Crippen LogP contribution is 2.29. The summed E-state index contributed by atoms with van der Waals surface area (Å²) in [5, 5.41) is 12.6. The van der Waals surface area contributed by atoms with Crippen molar-refractivity contribution in [3.05, 3.63) is 18.3 Å². The monoisotopic (exact) mass is 368 g/mol. The van der Waals surface area contributed by atoms with E-state index in [1.54, 1.807) is 6.07 Å².